The van der Waals surface area contributed by atoms with Gasteiger partial charge in [0.1, 0.15) is 11.8 Å². The molecule has 0 bridgehead atoms. The number of hydrogen-bond acceptors (Lipinski definition) is 12. The van der Waals surface area contributed by atoms with Crippen LogP contribution in [0.2, 0.25) is 5.15 Å². The second kappa shape index (κ2) is 18.3. The fourth-order valence-corrected chi connectivity index (χ4v) is 6.35. The predicted molar refractivity (Wildman–Crippen MR) is 228 cm³/mol. The molecule has 0 aliphatic carbocycles. The molecule has 7 aromatic heterocycles. The number of halogens is 1. The lowest BCUT2D eigenvalue weighted by Crippen LogP contribution is -2.41. The summed E-state index contributed by atoms with van der Waals surface area (Å²) < 4.78 is 41.7. The van der Waals surface area contributed by atoms with Gasteiger partial charge in [0.25, 0.3) is 10.1 Å². The molecule has 17 heteroatoms. The van der Waals surface area contributed by atoms with E-state index in [1.54, 1.807) is 18.3 Å². The largest absolute Gasteiger partial charge is 0.498 e. The minimum atomic E-state index is -3.38. The molecule has 0 saturated carbocycles. The van der Waals surface area contributed by atoms with Crippen molar-refractivity contribution in [2.24, 2.45) is 0 Å². The number of rotatable bonds is 9. The van der Waals surface area contributed by atoms with Crippen LogP contribution in [0.3, 0.4) is 0 Å². The summed E-state index contributed by atoms with van der Waals surface area (Å²) in [6.07, 6.45) is 10.4. The van der Waals surface area contributed by atoms with Crippen LogP contribution in [0.5, 0.6) is 0 Å². The van der Waals surface area contributed by atoms with E-state index >= 15 is 0 Å². The lowest BCUT2D eigenvalue weighted by atomic mass is 9.82. The summed E-state index contributed by atoms with van der Waals surface area (Å²) in [4.78, 5) is 21.8. The lowest BCUT2D eigenvalue weighted by Gasteiger charge is -2.32. The lowest BCUT2D eigenvalue weighted by molar-refractivity contribution is 0.00578. The third-order valence-electron chi connectivity index (χ3n) is 9.56. The quantitative estimate of drug-likeness (QED) is 0.0861. The molecular weight excluding hydrogens is 789 g/mol. The molecule has 0 N–H and O–H groups in total. The van der Waals surface area contributed by atoms with Crippen molar-refractivity contribution in [3.63, 3.8) is 0 Å². The van der Waals surface area contributed by atoms with Gasteiger partial charge in [-0.2, -0.15) is 18.6 Å². The van der Waals surface area contributed by atoms with Crippen molar-refractivity contribution in [1.82, 2.24) is 44.5 Å². The Morgan fingerprint density at radius 3 is 1.80 bits per heavy atom. The Balaban J connectivity index is 0.000000156. The molecule has 306 valence electrons. The summed E-state index contributed by atoms with van der Waals surface area (Å²) in [7, 11) is -3.75. The number of aromatic nitrogens is 9. The highest BCUT2D eigenvalue weighted by atomic mass is 35.5. The van der Waals surface area contributed by atoms with Gasteiger partial charge in [-0.25, -0.2) is 4.98 Å². The van der Waals surface area contributed by atoms with E-state index in [1.165, 1.54) is 0 Å². The van der Waals surface area contributed by atoms with Gasteiger partial charge in [0.05, 0.1) is 64.9 Å². The molecule has 8 rings (SSSR count). The molecular formula is C42H47BClN9O5S. The van der Waals surface area contributed by atoms with E-state index in [1.807, 2.05) is 143 Å². The van der Waals surface area contributed by atoms with Crippen molar-refractivity contribution < 1.29 is 21.9 Å². The zero-order valence-electron chi connectivity index (χ0n) is 34.4. The van der Waals surface area contributed by atoms with Crippen molar-refractivity contribution >= 4 is 45.3 Å². The summed E-state index contributed by atoms with van der Waals surface area (Å²) in [5.41, 5.74) is 9.24. The van der Waals surface area contributed by atoms with Crippen LogP contribution >= 0.6 is 11.6 Å². The highest BCUT2D eigenvalue weighted by molar-refractivity contribution is 7.85. The van der Waals surface area contributed by atoms with E-state index in [-0.39, 0.29) is 24.9 Å². The van der Waals surface area contributed by atoms with Gasteiger partial charge in [0.2, 0.25) is 0 Å². The minimum absolute atomic E-state index is 0.000509. The van der Waals surface area contributed by atoms with Crippen LogP contribution in [0.4, 0.5) is 0 Å². The smallest absolute Gasteiger partial charge is 0.399 e. The molecule has 0 radical (unpaired) electrons. The summed E-state index contributed by atoms with van der Waals surface area (Å²) >= 11 is 5.96. The Bertz CT molecular complexity index is 2640. The number of pyridine rings is 5. The van der Waals surface area contributed by atoms with Gasteiger partial charge in [-0.05, 0) is 103 Å². The van der Waals surface area contributed by atoms with Crippen LogP contribution in [-0.4, -0.2) is 77.5 Å². The number of nitrogens with zero attached hydrogens (tertiary/aromatic N) is 9. The average Bonchev–Trinajstić information content (AvgIpc) is 3.88. The summed E-state index contributed by atoms with van der Waals surface area (Å²) in [5.74, 6) is 0. The van der Waals surface area contributed by atoms with Crippen LogP contribution in [0.25, 0.3) is 22.2 Å². The maximum atomic E-state index is 10.6. The van der Waals surface area contributed by atoms with Gasteiger partial charge in [-0.3, -0.25) is 33.5 Å². The van der Waals surface area contributed by atoms with Crippen molar-refractivity contribution in [1.29, 1.82) is 0 Å². The zero-order valence-corrected chi connectivity index (χ0v) is 35.9. The molecule has 59 heavy (non-hydrogen) atoms. The monoisotopic (exact) mass is 835 g/mol. The second-order valence-electron chi connectivity index (χ2n) is 15.2. The Morgan fingerprint density at radius 1 is 0.678 bits per heavy atom. The summed E-state index contributed by atoms with van der Waals surface area (Å²) in [5, 5.41) is 9.28. The Labute approximate surface area is 350 Å². The van der Waals surface area contributed by atoms with E-state index < -0.39 is 10.1 Å². The predicted octanol–water partition coefficient (Wildman–Crippen LogP) is 6.70. The Hall–Kier alpha value is -5.39. The third kappa shape index (κ3) is 12.1. The fourth-order valence-electron chi connectivity index (χ4n) is 5.86. The van der Waals surface area contributed by atoms with Crippen molar-refractivity contribution in [2.45, 2.75) is 79.4 Å². The zero-order chi connectivity index (χ0) is 42.4. The molecule has 1 aliphatic heterocycles. The maximum Gasteiger partial charge on any atom is 0.498 e. The van der Waals surface area contributed by atoms with Gasteiger partial charge < -0.3 is 9.31 Å². The minimum Gasteiger partial charge on any atom is -0.399 e. The van der Waals surface area contributed by atoms with E-state index in [2.05, 4.69) is 39.3 Å². The van der Waals surface area contributed by atoms with Gasteiger partial charge >= 0.3 is 7.12 Å². The van der Waals surface area contributed by atoms with E-state index in [9.17, 15) is 8.42 Å². The standard InChI is InChI=1S/C18H14ClN5.C16H22BN3O2.C8H11NO3S/c1-12-3-2-4-15(22-12)11-24-10-14(9-21-24)13-7-17-16(20-8-13)5-6-18(19)23-17;1-12-7-6-8-14(19-12)11-20-10-13(9-18-20)17-21-15(2,3)16(4,5)22-17;1-7-4-3-5-8(9-7)6-12-13(2,10)11/h2-10H,11H2,1H3;6-10H,11H2,1-5H3;3-5H,6H2,1-2H3. The van der Waals surface area contributed by atoms with Crippen LogP contribution in [0, 0.1) is 20.8 Å². The first-order valence-corrected chi connectivity index (χ1v) is 21.1. The van der Waals surface area contributed by atoms with Gasteiger partial charge in [0, 0.05) is 58.5 Å². The maximum absolute atomic E-state index is 10.6. The van der Waals surface area contributed by atoms with Crippen molar-refractivity contribution in [3.8, 4) is 11.1 Å². The molecule has 14 nitrogen and oxygen atoms in total. The van der Waals surface area contributed by atoms with Gasteiger partial charge in [0.15, 0.2) is 0 Å². The van der Waals surface area contributed by atoms with Crippen LogP contribution < -0.4 is 5.46 Å². The number of aryl methyl sites for hydroxylation is 3. The van der Waals surface area contributed by atoms with Crippen LogP contribution in [-0.2, 0) is 43.3 Å². The third-order valence-corrected chi connectivity index (χ3v) is 10.3. The first kappa shape index (κ1) is 43.2. The van der Waals surface area contributed by atoms with Gasteiger partial charge in [-0.1, -0.05) is 29.8 Å². The first-order chi connectivity index (χ1) is 27.9. The molecule has 7 aromatic rings. The molecule has 0 aromatic carbocycles. The van der Waals surface area contributed by atoms with E-state index in [0.717, 1.165) is 62.3 Å². The molecule has 0 spiro atoms. The van der Waals surface area contributed by atoms with Gasteiger partial charge in [-0.15, -0.1) is 0 Å². The number of hydrogen-bond donors (Lipinski definition) is 0. The highest BCUT2D eigenvalue weighted by Gasteiger charge is 2.52. The van der Waals surface area contributed by atoms with Crippen molar-refractivity contribution in [2.75, 3.05) is 6.26 Å². The number of fused-ring (bicyclic) bond motifs is 1. The normalized spacial score (nSPS) is 14.4. The van der Waals surface area contributed by atoms with E-state index in [0.29, 0.717) is 23.9 Å². The summed E-state index contributed by atoms with van der Waals surface area (Å²) in [6.45, 7) is 15.3. The molecule has 1 fully saturated rings. The van der Waals surface area contributed by atoms with Crippen molar-refractivity contribution in [3.05, 3.63) is 143 Å². The fraction of sp³-hybridized carbons (Fsp3) is 0.310. The first-order valence-electron chi connectivity index (χ1n) is 18.9. The average molecular weight is 836 g/mol. The van der Waals surface area contributed by atoms with Crippen LogP contribution in [0.15, 0.2) is 104 Å². The van der Waals surface area contributed by atoms with Crippen LogP contribution in [0.1, 0.15) is 61.9 Å². The Kier molecular flexibility index (Phi) is 13.4. The Morgan fingerprint density at radius 2 is 1.22 bits per heavy atom. The molecule has 8 heterocycles. The molecule has 1 aliphatic rings. The SMILES string of the molecule is Cc1cccc(COS(C)(=O)=O)n1.Cc1cccc(Cn2cc(-c3cnc4ccc(Cl)nc4c3)cn2)n1.Cc1cccc(Cn2cc(B3OC(C)(C)C(C)(C)O3)cn2)n1. The second-order valence-corrected chi connectivity index (χ2v) is 17.2. The topological polar surface area (TPSA) is 162 Å². The summed E-state index contributed by atoms with van der Waals surface area (Å²) in [6, 6.07) is 22.9. The molecule has 0 atom stereocenters. The molecule has 0 unspecified atom stereocenters. The van der Waals surface area contributed by atoms with E-state index in [4.69, 9.17) is 20.9 Å². The highest BCUT2D eigenvalue weighted by Crippen LogP contribution is 2.36. The molecule has 1 saturated heterocycles. The molecule has 0 amide bonds.